The minimum atomic E-state index is 0.0278. The molecule has 1 aromatic rings. The average Bonchev–Trinajstić information content (AvgIpc) is 2.48. The summed E-state index contributed by atoms with van der Waals surface area (Å²) in [4.78, 5) is 13.8. The summed E-state index contributed by atoms with van der Waals surface area (Å²) in [5.74, 6) is 0. The van der Waals surface area contributed by atoms with E-state index in [-0.39, 0.29) is 5.56 Å². The number of aromatic nitrogens is 1. The molecular weight excluding hydrogens is 164 g/mol. The number of hydrogen-bond donors (Lipinski definition) is 2. The zero-order chi connectivity index (χ0) is 8.84. The maximum atomic E-state index is 11.1. The number of pyridine rings is 1. The molecule has 0 spiro atoms. The number of fused-ring (bicyclic) bond motifs is 4. The van der Waals surface area contributed by atoms with Gasteiger partial charge in [0.2, 0.25) is 5.56 Å². The van der Waals surface area contributed by atoms with Crippen molar-refractivity contribution < 1.29 is 0 Å². The number of nitrogens with one attached hydrogen (secondary N) is 2. The first kappa shape index (κ1) is 7.33. The van der Waals surface area contributed by atoms with Crippen molar-refractivity contribution in [2.24, 2.45) is 0 Å². The molecule has 1 aromatic heterocycles. The SMILES string of the molecule is O=c1cc2c(c[nH]1)C1CCC(C2)N1. The standard InChI is InChI=1S/C10H12N2O/c13-10-4-6-3-7-1-2-9(12-7)8(6)5-11-10/h4-5,7,9,12H,1-3H2,(H,11,13). The lowest BCUT2D eigenvalue weighted by Gasteiger charge is -2.23. The lowest BCUT2D eigenvalue weighted by atomic mass is 9.97. The topological polar surface area (TPSA) is 44.9 Å². The van der Waals surface area contributed by atoms with Crippen molar-refractivity contribution in [2.75, 3.05) is 0 Å². The van der Waals surface area contributed by atoms with E-state index < -0.39 is 0 Å². The van der Waals surface area contributed by atoms with Gasteiger partial charge in [0.15, 0.2) is 0 Å². The van der Waals surface area contributed by atoms with E-state index in [1.54, 1.807) is 6.07 Å². The molecule has 2 atom stereocenters. The van der Waals surface area contributed by atoms with Crippen LogP contribution in [0.3, 0.4) is 0 Å². The van der Waals surface area contributed by atoms with Gasteiger partial charge in [-0.05, 0) is 30.4 Å². The number of H-pyrrole nitrogens is 1. The molecule has 0 amide bonds. The Hall–Kier alpha value is -1.09. The summed E-state index contributed by atoms with van der Waals surface area (Å²) in [5.41, 5.74) is 2.57. The van der Waals surface area contributed by atoms with Crippen molar-refractivity contribution in [3.05, 3.63) is 33.7 Å². The Kier molecular flexibility index (Phi) is 1.38. The highest BCUT2D eigenvalue weighted by Gasteiger charge is 2.31. The molecule has 3 nitrogen and oxygen atoms in total. The van der Waals surface area contributed by atoms with Crippen molar-refractivity contribution in [2.45, 2.75) is 31.3 Å². The molecule has 0 aliphatic carbocycles. The molecule has 68 valence electrons. The lowest BCUT2D eigenvalue weighted by molar-refractivity contribution is 0.513. The molecule has 2 bridgehead atoms. The highest BCUT2D eigenvalue weighted by Crippen LogP contribution is 2.34. The van der Waals surface area contributed by atoms with Crippen LogP contribution in [-0.2, 0) is 6.42 Å². The fraction of sp³-hybridized carbons (Fsp3) is 0.500. The quantitative estimate of drug-likeness (QED) is 0.612. The smallest absolute Gasteiger partial charge is 0.248 e. The summed E-state index contributed by atoms with van der Waals surface area (Å²) < 4.78 is 0. The zero-order valence-electron chi connectivity index (χ0n) is 7.34. The summed E-state index contributed by atoms with van der Waals surface area (Å²) in [5, 5.41) is 3.54. The molecule has 1 fully saturated rings. The van der Waals surface area contributed by atoms with Crippen molar-refractivity contribution in [3.8, 4) is 0 Å². The van der Waals surface area contributed by atoms with Crippen LogP contribution in [-0.4, -0.2) is 11.0 Å². The fourth-order valence-electron chi connectivity index (χ4n) is 2.52. The lowest BCUT2D eigenvalue weighted by Crippen LogP contribution is -2.32. The van der Waals surface area contributed by atoms with Crippen LogP contribution in [0.25, 0.3) is 0 Å². The van der Waals surface area contributed by atoms with Crippen LogP contribution in [0.5, 0.6) is 0 Å². The Morgan fingerprint density at radius 2 is 2.31 bits per heavy atom. The predicted molar refractivity (Wildman–Crippen MR) is 49.7 cm³/mol. The molecule has 3 rings (SSSR count). The van der Waals surface area contributed by atoms with E-state index in [9.17, 15) is 4.79 Å². The molecular formula is C10H12N2O. The van der Waals surface area contributed by atoms with Gasteiger partial charge in [-0.3, -0.25) is 4.79 Å². The maximum absolute atomic E-state index is 11.1. The van der Waals surface area contributed by atoms with Crippen molar-refractivity contribution in [1.82, 2.24) is 10.3 Å². The van der Waals surface area contributed by atoms with Crippen LogP contribution in [0, 0.1) is 0 Å². The molecule has 2 aliphatic rings. The molecule has 0 aromatic carbocycles. The van der Waals surface area contributed by atoms with E-state index in [2.05, 4.69) is 10.3 Å². The van der Waals surface area contributed by atoms with Gasteiger partial charge < -0.3 is 10.3 Å². The molecule has 0 radical (unpaired) electrons. The summed E-state index contributed by atoms with van der Waals surface area (Å²) in [6.07, 6.45) is 5.35. The first-order chi connectivity index (χ1) is 6.33. The third-order valence-electron chi connectivity index (χ3n) is 3.13. The minimum absolute atomic E-state index is 0.0278. The maximum Gasteiger partial charge on any atom is 0.248 e. The number of hydrogen-bond acceptors (Lipinski definition) is 2. The third-order valence-corrected chi connectivity index (χ3v) is 3.13. The van der Waals surface area contributed by atoms with Gasteiger partial charge in [0.25, 0.3) is 0 Å². The van der Waals surface area contributed by atoms with Crippen LogP contribution in [0.4, 0.5) is 0 Å². The molecule has 2 N–H and O–H groups in total. The van der Waals surface area contributed by atoms with Crippen LogP contribution < -0.4 is 10.9 Å². The Morgan fingerprint density at radius 1 is 1.38 bits per heavy atom. The van der Waals surface area contributed by atoms with Crippen molar-refractivity contribution in [3.63, 3.8) is 0 Å². The Morgan fingerprint density at radius 3 is 3.23 bits per heavy atom. The van der Waals surface area contributed by atoms with E-state index in [0.29, 0.717) is 12.1 Å². The van der Waals surface area contributed by atoms with Crippen LogP contribution in [0.2, 0.25) is 0 Å². The Labute approximate surface area is 76.2 Å². The minimum Gasteiger partial charge on any atom is -0.329 e. The van der Waals surface area contributed by atoms with Gasteiger partial charge >= 0.3 is 0 Å². The average molecular weight is 176 g/mol. The highest BCUT2D eigenvalue weighted by molar-refractivity contribution is 5.32. The second-order valence-corrected chi connectivity index (χ2v) is 3.98. The zero-order valence-corrected chi connectivity index (χ0v) is 7.34. The largest absolute Gasteiger partial charge is 0.329 e. The fourth-order valence-corrected chi connectivity index (χ4v) is 2.52. The van der Waals surface area contributed by atoms with E-state index in [4.69, 9.17) is 0 Å². The second-order valence-electron chi connectivity index (χ2n) is 3.98. The summed E-state index contributed by atoms with van der Waals surface area (Å²) in [7, 11) is 0. The molecule has 0 saturated carbocycles. The van der Waals surface area contributed by atoms with Crippen LogP contribution in [0.15, 0.2) is 17.1 Å². The number of rotatable bonds is 0. The van der Waals surface area contributed by atoms with Gasteiger partial charge in [0.1, 0.15) is 0 Å². The first-order valence-electron chi connectivity index (χ1n) is 4.80. The Bertz CT molecular complexity index is 396. The third kappa shape index (κ3) is 1.04. The monoisotopic (exact) mass is 176 g/mol. The summed E-state index contributed by atoms with van der Waals surface area (Å²) in [6, 6.07) is 2.85. The van der Waals surface area contributed by atoms with E-state index >= 15 is 0 Å². The van der Waals surface area contributed by atoms with Gasteiger partial charge in [-0.1, -0.05) is 0 Å². The van der Waals surface area contributed by atoms with E-state index in [1.165, 1.54) is 24.0 Å². The van der Waals surface area contributed by atoms with Gasteiger partial charge in [-0.2, -0.15) is 0 Å². The normalized spacial score (nSPS) is 30.2. The molecule has 1 saturated heterocycles. The molecule has 3 heterocycles. The summed E-state index contributed by atoms with van der Waals surface area (Å²) in [6.45, 7) is 0. The molecule has 3 heteroatoms. The Balaban J connectivity index is 2.17. The van der Waals surface area contributed by atoms with E-state index in [0.717, 1.165) is 6.42 Å². The first-order valence-corrected chi connectivity index (χ1v) is 4.80. The van der Waals surface area contributed by atoms with Gasteiger partial charge in [-0.25, -0.2) is 0 Å². The van der Waals surface area contributed by atoms with Gasteiger partial charge in [0, 0.05) is 24.3 Å². The van der Waals surface area contributed by atoms with Crippen molar-refractivity contribution >= 4 is 0 Å². The van der Waals surface area contributed by atoms with Crippen molar-refractivity contribution in [1.29, 1.82) is 0 Å². The predicted octanol–water partition coefficient (Wildman–Crippen LogP) is 0.724. The summed E-state index contributed by atoms with van der Waals surface area (Å²) >= 11 is 0. The molecule has 2 aliphatic heterocycles. The molecule has 2 unspecified atom stereocenters. The number of aromatic amines is 1. The van der Waals surface area contributed by atoms with Crippen LogP contribution >= 0.6 is 0 Å². The van der Waals surface area contributed by atoms with Gasteiger partial charge in [-0.15, -0.1) is 0 Å². The highest BCUT2D eigenvalue weighted by atomic mass is 16.1. The van der Waals surface area contributed by atoms with Crippen LogP contribution in [0.1, 0.15) is 30.0 Å². The van der Waals surface area contributed by atoms with Gasteiger partial charge in [0.05, 0.1) is 0 Å². The second kappa shape index (κ2) is 2.45. The molecule has 13 heavy (non-hydrogen) atoms. The van der Waals surface area contributed by atoms with E-state index in [1.807, 2.05) is 6.20 Å².